The Morgan fingerprint density at radius 2 is 1.41 bits per heavy atom. The summed E-state index contributed by atoms with van der Waals surface area (Å²) in [4.78, 5) is 21.4. The molecule has 0 saturated carbocycles. The van der Waals surface area contributed by atoms with E-state index in [1.165, 1.54) is 0 Å². The number of unbranched alkanes of at least 4 members (excludes halogenated alkanes) is 3. The van der Waals surface area contributed by atoms with Crippen molar-refractivity contribution in [3.05, 3.63) is 60.9 Å². The van der Waals surface area contributed by atoms with Crippen LogP contribution in [0.3, 0.4) is 0 Å². The van der Waals surface area contributed by atoms with Gasteiger partial charge in [0.25, 0.3) is 0 Å². The smallest absolute Gasteiger partial charge is 0.314 e. The van der Waals surface area contributed by atoms with Crippen LogP contribution in [0.2, 0.25) is 0 Å². The number of aromatic nitrogens is 2. The lowest BCUT2D eigenvalue weighted by atomic mass is 10.00. The Labute approximate surface area is 233 Å². The minimum Gasteiger partial charge on any atom is -0.491 e. The van der Waals surface area contributed by atoms with E-state index in [2.05, 4.69) is 30.7 Å². The number of esters is 1. The van der Waals surface area contributed by atoms with Gasteiger partial charge in [-0.15, -0.1) is 0 Å². The van der Waals surface area contributed by atoms with Gasteiger partial charge in [-0.25, -0.2) is 14.4 Å². The number of hydrogen-bond donors (Lipinski definition) is 0. The Morgan fingerprint density at radius 3 is 2.05 bits per heavy atom. The van der Waals surface area contributed by atoms with Crippen molar-refractivity contribution in [1.82, 2.24) is 9.97 Å². The molecule has 39 heavy (non-hydrogen) atoms. The lowest BCUT2D eigenvalue weighted by Gasteiger charge is -2.12. The van der Waals surface area contributed by atoms with Crippen molar-refractivity contribution in [1.29, 1.82) is 0 Å². The van der Waals surface area contributed by atoms with E-state index >= 15 is 0 Å². The van der Waals surface area contributed by atoms with Gasteiger partial charge in [-0.05, 0) is 60.7 Å². The molecule has 3 rings (SSSR count). The first kappa shape index (κ1) is 30.3. The van der Waals surface area contributed by atoms with E-state index in [0.29, 0.717) is 29.7 Å². The molecule has 0 amide bonds. The SMILES string of the molecule is CCCCCCC(F)COc1ccc(-c2cnc(-c3ccc(OC(=O)C(C)CCCC(C)C)cc3)nc2)cc1. The average molecular weight is 535 g/mol. The molecule has 0 bridgehead atoms. The summed E-state index contributed by atoms with van der Waals surface area (Å²) in [6.07, 6.45) is 10.4. The van der Waals surface area contributed by atoms with E-state index < -0.39 is 6.17 Å². The number of carbonyl (C=O) groups excluding carboxylic acids is 1. The van der Waals surface area contributed by atoms with Gasteiger partial charge in [0.05, 0.1) is 5.92 Å². The average Bonchev–Trinajstić information content (AvgIpc) is 2.95. The molecule has 1 heterocycles. The summed E-state index contributed by atoms with van der Waals surface area (Å²) in [5.41, 5.74) is 2.67. The van der Waals surface area contributed by atoms with E-state index in [4.69, 9.17) is 9.47 Å². The Hall–Kier alpha value is -3.28. The quantitative estimate of drug-likeness (QED) is 0.104. The molecular formula is C33H43FN2O3. The summed E-state index contributed by atoms with van der Waals surface area (Å²) >= 11 is 0. The summed E-state index contributed by atoms with van der Waals surface area (Å²) in [5.74, 6) is 2.08. The van der Waals surface area contributed by atoms with E-state index in [9.17, 15) is 9.18 Å². The summed E-state index contributed by atoms with van der Waals surface area (Å²) in [7, 11) is 0. The number of ether oxygens (including phenoxy) is 2. The van der Waals surface area contributed by atoms with Crippen LogP contribution in [0.4, 0.5) is 4.39 Å². The normalized spacial score (nSPS) is 12.8. The summed E-state index contributed by atoms with van der Waals surface area (Å²) in [6, 6.07) is 14.8. The minimum atomic E-state index is -0.938. The molecule has 0 fully saturated rings. The van der Waals surface area contributed by atoms with Crippen LogP contribution in [0.15, 0.2) is 60.9 Å². The van der Waals surface area contributed by atoms with Gasteiger partial charge < -0.3 is 9.47 Å². The van der Waals surface area contributed by atoms with Gasteiger partial charge >= 0.3 is 5.97 Å². The molecule has 2 unspecified atom stereocenters. The molecular weight excluding hydrogens is 491 g/mol. The Balaban J connectivity index is 1.49. The molecule has 6 heteroatoms. The van der Waals surface area contributed by atoms with Crippen molar-refractivity contribution in [2.45, 2.75) is 85.2 Å². The van der Waals surface area contributed by atoms with Crippen LogP contribution in [0, 0.1) is 11.8 Å². The third-order valence-corrected chi connectivity index (χ3v) is 6.79. The Bertz CT molecular complexity index is 1120. The van der Waals surface area contributed by atoms with Gasteiger partial charge in [-0.1, -0.05) is 78.4 Å². The first-order valence-corrected chi connectivity index (χ1v) is 14.4. The third kappa shape index (κ3) is 10.4. The van der Waals surface area contributed by atoms with Gasteiger partial charge in [-0.3, -0.25) is 4.79 Å². The predicted molar refractivity (Wildman–Crippen MR) is 156 cm³/mol. The highest BCUT2D eigenvalue weighted by atomic mass is 19.1. The van der Waals surface area contributed by atoms with Crippen LogP contribution in [-0.4, -0.2) is 28.7 Å². The molecule has 2 atom stereocenters. The summed E-state index contributed by atoms with van der Waals surface area (Å²) < 4.78 is 25.2. The minimum absolute atomic E-state index is 0.0819. The van der Waals surface area contributed by atoms with Crippen molar-refractivity contribution in [3.63, 3.8) is 0 Å². The monoisotopic (exact) mass is 534 g/mol. The third-order valence-electron chi connectivity index (χ3n) is 6.79. The summed E-state index contributed by atoms with van der Waals surface area (Å²) in [6.45, 7) is 8.53. The van der Waals surface area contributed by atoms with Crippen molar-refractivity contribution < 1.29 is 18.7 Å². The second kappa shape index (κ2) is 16.0. The summed E-state index contributed by atoms with van der Waals surface area (Å²) in [5, 5.41) is 0. The van der Waals surface area contributed by atoms with Gasteiger partial charge in [0.15, 0.2) is 5.82 Å². The maximum Gasteiger partial charge on any atom is 0.314 e. The highest BCUT2D eigenvalue weighted by Gasteiger charge is 2.16. The number of hydrogen-bond acceptors (Lipinski definition) is 5. The number of alkyl halides is 1. The molecule has 3 aromatic rings. The highest BCUT2D eigenvalue weighted by Crippen LogP contribution is 2.25. The fourth-order valence-electron chi connectivity index (χ4n) is 4.27. The van der Waals surface area contributed by atoms with Crippen LogP contribution >= 0.6 is 0 Å². The van der Waals surface area contributed by atoms with Crippen molar-refractivity contribution in [3.8, 4) is 34.0 Å². The molecule has 0 aliphatic rings. The predicted octanol–water partition coefficient (Wildman–Crippen LogP) is 8.87. The molecule has 0 N–H and O–H groups in total. The molecule has 2 aromatic carbocycles. The zero-order valence-corrected chi connectivity index (χ0v) is 23.9. The lowest BCUT2D eigenvalue weighted by molar-refractivity contribution is -0.138. The van der Waals surface area contributed by atoms with Crippen molar-refractivity contribution >= 4 is 5.97 Å². The molecule has 5 nitrogen and oxygen atoms in total. The van der Waals surface area contributed by atoms with Crippen LogP contribution in [0.25, 0.3) is 22.5 Å². The maximum absolute atomic E-state index is 14.0. The Morgan fingerprint density at radius 1 is 0.769 bits per heavy atom. The number of rotatable bonds is 16. The number of nitrogens with zero attached hydrogens (tertiary/aromatic N) is 2. The lowest BCUT2D eigenvalue weighted by Crippen LogP contribution is -2.17. The van der Waals surface area contributed by atoms with E-state index in [1.807, 2.05) is 43.3 Å². The van der Waals surface area contributed by atoms with Crippen molar-refractivity contribution in [2.24, 2.45) is 11.8 Å². The molecule has 1 aromatic heterocycles. The molecule has 0 aliphatic carbocycles. The zero-order valence-electron chi connectivity index (χ0n) is 23.9. The van der Waals surface area contributed by atoms with Crippen LogP contribution in [0.1, 0.15) is 79.1 Å². The van der Waals surface area contributed by atoms with Gasteiger partial charge in [-0.2, -0.15) is 0 Å². The maximum atomic E-state index is 14.0. The standard InChI is InChI=1S/C33H43FN2O3/c1-5-6-7-8-12-29(34)23-38-30-17-13-26(14-18-30)28-21-35-32(36-22-28)27-15-19-31(20-16-27)39-33(37)25(4)11-9-10-24(2)3/h13-22,24-25,29H,5-12,23H2,1-4H3. The van der Waals surface area contributed by atoms with Gasteiger partial charge in [0.2, 0.25) is 0 Å². The molecule has 0 spiro atoms. The molecule has 0 radical (unpaired) electrons. The van der Waals surface area contributed by atoms with Crippen LogP contribution < -0.4 is 9.47 Å². The molecule has 210 valence electrons. The van der Waals surface area contributed by atoms with Crippen molar-refractivity contribution in [2.75, 3.05) is 6.61 Å². The number of carbonyl (C=O) groups is 1. The number of halogens is 1. The number of benzene rings is 2. The zero-order chi connectivity index (χ0) is 28.0. The molecule has 0 saturated heterocycles. The first-order chi connectivity index (χ1) is 18.9. The first-order valence-electron chi connectivity index (χ1n) is 14.4. The van der Waals surface area contributed by atoms with Crippen LogP contribution in [-0.2, 0) is 4.79 Å². The second-order valence-electron chi connectivity index (χ2n) is 10.7. The van der Waals surface area contributed by atoms with Crippen LogP contribution in [0.5, 0.6) is 11.5 Å². The second-order valence-corrected chi connectivity index (χ2v) is 10.7. The van der Waals surface area contributed by atoms with E-state index in [1.54, 1.807) is 24.5 Å². The topological polar surface area (TPSA) is 61.3 Å². The largest absolute Gasteiger partial charge is 0.491 e. The molecule has 0 aliphatic heterocycles. The van der Waals surface area contributed by atoms with Gasteiger partial charge in [0.1, 0.15) is 24.3 Å². The fraction of sp³-hybridized carbons (Fsp3) is 0.485. The highest BCUT2D eigenvalue weighted by molar-refractivity contribution is 5.75. The Kier molecular flexibility index (Phi) is 12.4. The van der Waals surface area contributed by atoms with Gasteiger partial charge in [0, 0.05) is 23.5 Å². The fourth-order valence-corrected chi connectivity index (χ4v) is 4.27. The van der Waals surface area contributed by atoms with E-state index in [0.717, 1.165) is 61.6 Å². The van der Waals surface area contributed by atoms with E-state index in [-0.39, 0.29) is 18.5 Å².